The molecule has 0 saturated heterocycles. The number of ketones is 1. The molecule has 0 N–H and O–H groups in total. The summed E-state index contributed by atoms with van der Waals surface area (Å²) in [5, 5.41) is 14.4. The number of carbonyl (C=O) groups excluding carboxylic acids is 1. The summed E-state index contributed by atoms with van der Waals surface area (Å²) in [5.41, 5.74) is 0.333. The van der Waals surface area contributed by atoms with Gasteiger partial charge in [-0.2, -0.15) is 0 Å². The minimum Gasteiger partial charge on any atom is -0.287 e. The maximum Gasteiger partial charge on any atom is 0.292 e. The Hall–Kier alpha value is -2.84. The van der Waals surface area contributed by atoms with Gasteiger partial charge in [0.2, 0.25) is 5.78 Å². The van der Waals surface area contributed by atoms with Crippen molar-refractivity contribution in [2.45, 2.75) is 0 Å². The summed E-state index contributed by atoms with van der Waals surface area (Å²) in [5.74, 6) is -2.63. The summed E-state index contributed by atoms with van der Waals surface area (Å²) in [4.78, 5) is 16.0. The number of aromatic nitrogens is 6. The molecule has 0 bridgehead atoms. The predicted molar refractivity (Wildman–Crippen MR) is 55.2 cm³/mol. The summed E-state index contributed by atoms with van der Waals surface area (Å²) in [7, 11) is 0. The van der Waals surface area contributed by atoms with Crippen LogP contribution in [-0.2, 0) is 0 Å². The second-order valence-corrected chi connectivity index (χ2v) is 3.92. The first kappa shape index (κ1) is 10.1. The maximum absolute atomic E-state index is 13.3. The largest absolute Gasteiger partial charge is 0.292 e. The molecule has 1 aromatic carbocycles. The van der Waals surface area contributed by atoms with E-state index in [1.165, 1.54) is 0 Å². The molecule has 2 heterocycles. The number of carbonyl (C=O) groups is 1. The topological polar surface area (TPSA) is 85.9 Å². The molecule has 0 spiro atoms. The first-order valence-electron chi connectivity index (χ1n) is 5.15. The van der Waals surface area contributed by atoms with Crippen LogP contribution in [-0.4, -0.2) is 36.0 Å². The highest BCUT2D eigenvalue weighted by atomic mass is 19.2. The summed E-state index contributed by atoms with van der Waals surface area (Å²) < 4.78 is 27.5. The van der Waals surface area contributed by atoms with Crippen LogP contribution in [0.15, 0.2) is 12.1 Å². The number of hydrogen-bond acceptors (Lipinski definition) is 6. The van der Waals surface area contributed by atoms with Gasteiger partial charge in [0.05, 0.1) is 0 Å². The lowest BCUT2D eigenvalue weighted by Gasteiger charge is -1.99. The molecular weight excluding hydrogens is 258 g/mol. The van der Waals surface area contributed by atoms with E-state index in [2.05, 4.69) is 25.6 Å². The molecule has 1 aliphatic carbocycles. The summed E-state index contributed by atoms with van der Waals surface area (Å²) in [6, 6.07) is 1.75. The SMILES string of the molecule is O=C1c2cc(F)c(F)cc2-c2nn3nnnc3nc21. The van der Waals surface area contributed by atoms with Crippen LogP contribution in [0.4, 0.5) is 8.78 Å². The van der Waals surface area contributed by atoms with Crippen molar-refractivity contribution >= 4 is 11.6 Å². The molecule has 0 unspecified atom stereocenters. The summed E-state index contributed by atoms with van der Waals surface area (Å²) >= 11 is 0. The Bertz CT molecular complexity index is 874. The van der Waals surface area contributed by atoms with E-state index in [4.69, 9.17) is 0 Å². The monoisotopic (exact) mass is 260 g/mol. The molecule has 0 atom stereocenters. The van der Waals surface area contributed by atoms with E-state index in [0.29, 0.717) is 0 Å². The fraction of sp³-hybridized carbons (Fsp3) is 0. The number of hydrogen-bond donors (Lipinski definition) is 0. The zero-order valence-corrected chi connectivity index (χ0v) is 9.00. The Balaban J connectivity index is 2.11. The molecule has 4 rings (SSSR count). The number of fused-ring (bicyclic) bond motifs is 4. The van der Waals surface area contributed by atoms with Crippen molar-refractivity contribution < 1.29 is 13.6 Å². The van der Waals surface area contributed by atoms with Gasteiger partial charge in [0.25, 0.3) is 5.78 Å². The van der Waals surface area contributed by atoms with Gasteiger partial charge in [-0.25, -0.2) is 13.8 Å². The first-order chi connectivity index (χ1) is 9.15. The minimum atomic E-state index is -1.09. The van der Waals surface area contributed by atoms with Crippen LogP contribution < -0.4 is 0 Å². The third kappa shape index (κ3) is 1.18. The van der Waals surface area contributed by atoms with Crippen molar-refractivity contribution in [1.82, 2.24) is 30.2 Å². The number of halogens is 2. The van der Waals surface area contributed by atoms with E-state index in [-0.39, 0.29) is 28.3 Å². The van der Waals surface area contributed by atoms with Crippen molar-refractivity contribution in [3.8, 4) is 11.3 Å². The smallest absolute Gasteiger partial charge is 0.287 e. The Morgan fingerprint density at radius 1 is 1.05 bits per heavy atom. The van der Waals surface area contributed by atoms with E-state index < -0.39 is 17.4 Å². The quantitative estimate of drug-likeness (QED) is 0.455. The molecule has 0 saturated carbocycles. The molecule has 9 heteroatoms. The zero-order valence-electron chi connectivity index (χ0n) is 9.00. The highest BCUT2D eigenvalue weighted by Crippen LogP contribution is 2.34. The van der Waals surface area contributed by atoms with Gasteiger partial charge in [-0.3, -0.25) is 4.79 Å². The maximum atomic E-state index is 13.3. The average molecular weight is 260 g/mol. The van der Waals surface area contributed by atoms with E-state index in [9.17, 15) is 13.6 Å². The van der Waals surface area contributed by atoms with Gasteiger partial charge < -0.3 is 0 Å². The lowest BCUT2D eigenvalue weighted by Crippen LogP contribution is -2.04. The molecule has 7 nitrogen and oxygen atoms in total. The van der Waals surface area contributed by atoms with Gasteiger partial charge in [0, 0.05) is 11.1 Å². The van der Waals surface area contributed by atoms with Crippen LogP contribution in [0.3, 0.4) is 0 Å². The fourth-order valence-electron chi connectivity index (χ4n) is 2.00. The van der Waals surface area contributed by atoms with Crippen molar-refractivity contribution in [2.24, 2.45) is 0 Å². The number of benzene rings is 1. The molecule has 0 fully saturated rings. The second kappa shape index (κ2) is 3.13. The Labute approximate surface area is 102 Å². The molecular formula is C10H2F2N6O. The molecule has 92 valence electrons. The number of rotatable bonds is 0. The fourth-order valence-corrected chi connectivity index (χ4v) is 2.00. The average Bonchev–Trinajstić information content (AvgIpc) is 2.94. The van der Waals surface area contributed by atoms with E-state index in [1.807, 2.05) is 0 Å². The lowest BCUT2D eigenvalue weighted by atomic mass is 10.1. The zero-order chi connectivity index (χ0) is 13.1. The summed E-state index contributed by atoms with van der Waals surface area (Å²) in [6.07, 6.45) is 0. The van der Waals surface area contributed by atoms with Crippen LogP contribution in [0, 0.1) is 11.6 Å². The molecule has 3 aromatic rings. The highest BCUT2D eigenvalue weighted by molar-refractivity contribution is 6.19. The van der Waals surface area contributed by atoms with Gasteiger partial charge in [-0.15, -0.1) is 5.10 Å². The predicted octanol–water partition coefficient (Wildman–Crippen LogP) is 0.404. The lowest BCUT2D eigenvalue weighted by molar-refractivity contribution is 0.103. The molecule has 0 aliphatic heterocycles. The Kier molecular flexibility index (Phi) is 1.67. The van der Waals surface area contributed by atoms with Crippen molar-refractivity contribution in [3.05, 3.63) is 35.0 Å². The van der Waals surface area contributed by atoms with Crippen molar-refractivity contribution in [1.29, 1.82) is 0 Å². The molecule has 1 aliphatic rings. The second-order valence-electron chi connectivity index (χ2n) is 3.92. The third-order valence-corrected chi connectivity index (χ3v) is 2.84. The van der Waals surface area contributed by atoms with Gasteiger partial charge in [-0.05, 0) is 22.6 Å². The normalized spacial score (nSPS) is 12.8. The number of nitrogens with zero attached hydrogens (tertiary/aromatic N) is 6. The van der Waals surface area contributed by atoms with Crippen LogP contribution in [0.5, 0.6) is 0 Å². The van der Waals surface area contributed by atoms with Crippen LogP contribution in [0.1, 0.15) is 16.1 Å². The minimum absolute atomic E-state index is 0.0118. The molecule has 2 aromatic heterocycles. The van der Waals surface area contributed by atoms with Crippen molar-refractivity contribution in [3.63, 3.8) is 0 Å². The summed E-state index contributed by atoms with van der Waals surface area (Å²) in [6.45, 7) is 0. The third-order valence-electron chi connectivity index (χ3n) is 2.84. The Morgan fingerprint density at radius 2 is 1.79 bits per heavy atom. The van der Waals surface area contributed by atoms with Gasteiger partial charge in [0.1, 0.15) is 11.4 Å². The highest BCUT2D eigenvalue weighted by Gasteiger charge is 2.32. The molecule has 19 heavy (non-hydrogen) atoms. The van der Waals surface area contributed by atoms with E-state index in [1.54, 1.807) is 0 Å². The van der Waals surface area contributed by atoms with Gasteiger partial charge in [0.15, 0.2) is 11.6 Å². The van der Waals surface area contributed by atoms with Crippen LogP contribution in [0.2, 0.25) is 0 Å². The van der Waals surface area contributed by atoms with E-state index >= 15 is 0 Å². The Morgan fingerprint density at radius 3 is 2.58 bits per heavy atom. The van der Waals surface area contributed by atoms with Gasteiger partial charge >= 0.3 is 0 Å². The molecule has 0 radical (unpaired) electrons. The standard InChI is InChI=1S/C10H2F2N6O/c11-5-1-3-4(2-6(5)12)9(19)8-7(3)15-18-10(13-8)14-16-17-18/h1-2H. The van der Waals surface area contributed by atoms with Gasteiger partial charge in [-0.1, -0.05) is 9.73 Å². The van der Waals surface area contributed by atoms with Crippen molar-refractivity contribution in [2.75, 3.05) is 0 Å². The number of tetrazole rings is 1. The first-order valence-corrected chi connectivity index (χ1v) is 5.15. The molecule has 0 amide bonds. The van der Waals surface area contributed by atoms with E-state index in [0.717, 1.165) is 16.8 Å². The van der Waals surface area contributed by atoms with Crippen LogP contribution >= 0.6 is 0 Å². The van der Waals surface area contributed by atoms with Crippen LogP contribution in [0.25, 0.3) is 17.0 Å².